The number of halogens is 1. The highest BCUT2D eigenvalue weighted by Crippen LogP contribution is 2.19. The van der Waals surface area contributed by atoms with Crippen LogP contribution in [0.3, 0.4) is 0 Å². The van der Waals surface area contributed by atoms with E-state index in [1.165, 1.54) is 24.3 Å². The van der Waals surface area contributed by atoms with E-state index in [2.05, 4.69) is 31.2 Å². The van der Waals surface area contributed by atoms with Crippen LogP contribution in [0.2, 0.25) is 0 Å². The average Bonchev–Trinajstić information content (AvgIpc) is 2.23. The molecule has 0 spiro atoms. The summed E-state index contributed by atoms with van der Waals surface area (Å²) in [4.78, 5) is 8.39. The van der Waals surface area contributed by atoms with Crippen molar-refractivity contribution >= 4 is 33.6 Å². The second-order valence-corrected chi connectivity index (χ2v) is 5.40. The number of hydrogen-bond acceptors (Lipinski definition) is 4. The molecule has 0 radical (unpaired) electrons. The van der Waals surface area contributed by atoms with Gasteiger partial charge in [-0.15, -0.1) is 0 Å². The number of anilines is 1. The van der Waals surface area contributed by atoms with Gasteiger partial charge in [-0.2, -0.15) is 11.8 Å². The highest BCUT2D eigenvalue weighted by molar-refractivity contribution is 9.10. The van der Waals surface area contributed by atoms with Gasteiger partial charge >= 0.3 is 0 Å². The summed E-state index contributed by atoms with van der Waals surface area (Å²) in [5.41, 5.74) is 0. The van der Waals surface area contributed by atoms with E-state index in [9.17, 15) is 0 Å². The largest absolute Gasteiger partial charge is 0.351 e. The van der Waals surface area contributed by atoms with Gasteiger partial charge in [0, 0.05) is 18.4 Å². The molecule has 0 bridgehead atoms. The Morgan fingerprint density at radius 2 is 1.93 bits per heavy atom. The predicted molar refractivity (Wildman–Crippen MR) is 63.7 cm³/mol. The van der Waals surface area contributed by atoms with E-state index in [0.29, 0.717) is 6.04 Å². The molecule has 0 saturated carbocycles. The van der Waals surface area contributed by atoms with Gasteiger partial charge in [-0.1, -0.05) is 0 Å². The molecule has 5 heteroatoms. The summed E-state index contributed by atoms with van der Waals surface area (Å²) in [5, 5.41) is 3.35. The standard InChI is InChI=1S/C9H12BrN3S/c10-7-5-11-9(12-6-7)13-8-1-3-14-4-2-8/h5-6,8H,1-4H2,(H,11,12,13). The number of thioether (sulfide) groups is 1. The normalized spacial score (nSPS) is 18.1. The minimum atomic E-state index is 0.553. The van der Waals surface area contributed by atoms with Crippen molar-refractivity contribution < 1.29 is 0 Å². The van der Waals surface area contributed by atoms with Crippen molar-refractivity contribution in [2.24, 2.45) is 0 Å². The van der Waals surface area contributed by atoms with Crippen molar-refractivity contribution in [3.05, 3.63) is 16.9 Å². The fourth-order valence-electron chi connectivity index (χ4n) is 1.41. The molecule has 0 unspecified atom stereocenters. The van der Waals surface area contributed by atoms with Crippen LogP contribution in [0.1, 0.15) is 12.8 Å². The monoisotopic (exact) mass is 273 g/mol. The van der Waals surface area contributed by atoms with Crippen molar-refractivity contribution in [3.63, 3.8) is 0 Å². The smallest absolute Gasteiger partial charge is 0.222 e. The van der Waals surface area contributed by atoms with Crippen LogP contribution in [0.5, 0.6) is 0 Å². The topological polar surface area (TPSA) is 37.8 Å². The van der Waals surface area contributed by atoms with Crippen LogP contribution in [-0.4, -0.2) is 27.5 Å². The third-order valence-corrected chi connectivity index (χ3v) is 3.63. The van der Waals surface area contributed by atoms with Gasteiger partial charge in [0.05, 0.1) is 4.47 Å². The molecule has 0 amide bonds. The molecule has 0 atom stereocenters. The van der Waals surface area contributed by atoms with Crippen molar-refractivity contribution in [3.8, 4) is 0 Å². The van der Waals surface area contributed by atoms with Gasteiger partial charge in [0.1, 0.15) is 0 Å². The molecule has 1 aromatic rings. The molecule has 3 nitrogen and oxygen atoms in total. The SMILES string of the molecule is Brc1cnc(NC2CCSCC2)nc1. The number of rotatable bonds is 2. The molecular formula is C9H12BrN3S. The number of nitrogens with one attached hydrogen (secondary N) is 1. The lowest BCUT2D eigenvalue weighted by Gasteiger charge is -2.22. The fraction of sp³-hybridized carbons (Fsp3) is 0.556. The van der Waals surface area contributed by atoms with Gasteiger partial charge in [0.2, 0.25) is 5.95 Å². The van der Waals surface area contributed by atoms with Gasteiger partial charge < -0.3 is 5.32 Å². The predicted octanol–water partition coefficient (Wildman–Crippen LogP) is 2.55. The zero-order valence-corrected chi connectivity index (χ0v) is 10.1. The van der Waals surface area contributed by atoms with E-state index in [-0.39, 0.29) is 0 Å². The van der Waals surface area contributed by atoms with Crippen molar-refractivity contribution in [2.45, 2.75) is 18.9 Å². The van der Waals surface area contributed by atoms with Crippen molar-refractivity contribution in [1.82, 2.24) is 9.97 Å². The summed E-state index contributed by atoms with van der Waals surface area (Å²) in [5.74, 6) is 3.23. The molecule has 1 aliphatic rings. The summed E-state index contributed by atoms with van der Waals surface area (Å²) in [7, 11) is 0. The molecule has 2 heterocycles. The van der Waals surface area contributed by atoms with E-state index >= 15 is 0 Å². The Bertz CT molecular complexity index is 285. The van der Waals surface area contributed by atoms with E-state index < -0.39 is 0 Å². The molecule has 1 aromatic heterocycles. The van der Waals surface area contributed by atoms with Gasteiger partial charge in [0.15, 0.2) is 0 Å². The van der Waals surface area contributed by atoms with Crippen LogP contribution in [0.25, 0.3) is 0 Å². The third-order valence-electron chi connectivity index (χ3n) is 2.17. The van der Waals surface area contributed by atoms with E-state index in [0.717, 1.165) is 10.4 Å². The second-order valence-electron chi connectivity index (χ2n) is 3.26. The Morgan fingerprint density at radius 3 is 2.57 bits per heavy atom. The van der Waals surface area contributed by atoms with Crippen molar-refractivity contribution in [1.29, 1.82) is 0 Å². The molecule has 1 fully saturated rings. The number of aromatic nitrogens is 2. The number of hydrogen-bond donors (Lipinski definition) is 1. The lowest BCUT2D eigenvalue weighted by atomic mass is 10.2. The van der Waals surface area contributed by atoms with Crippen LogP contribution in [-0.2, 0) is 0 Å². The third kappa shape index (κ3) is 2.85. The Hall–Kier alpha value is -0.290. The summed E-state index contributed by atoms with van der Waals surface area (Å²) in [6.45, 7) is 0. The summed E-state index contributed by atoms with van der Waals surface area (Å²) in [6.07, 6.45) is 5.97. The zero-order valence-electron chi connectivity index (χ0n) is 7.74. The molecule has 14 heavy (non-hydrogen) atoms. The minimum absolute atomic E-state index is 0.553. The van der Waals surface area contributed by atoms with E-state index in [4.69, 9.17) is 0 Å². The van der Waals surface area contributed by atoms with Crippen molar-refractivity contribution in [2.75, 3.05) is 16.8 Å². The Kier molecular flexibility index (Phi) is 3.64. The molecule has 1 N–H and O–H groups in total. The van der Waals surface area contributed by atoms with Crippen LogP contribution < -0.4 is 5.32 Å². The summed E-state index contributed by atoms with van der Waals surface area (Å²) < 4.78 is 0.919. The second kappa shape index (κ2) is 4.98. The van der Waals surface area contributed by atoms with Crippen LogP contribution in [0.4, 0.5) is 5.95 Å². The molecule has 0 aliphatic carbocycles. The zero-order chi connectivity index (χ0) is 9.80. The van der Waals surface area contributed by atoms with Gasteiger partial charge in [0.25, 0.3) is 0 Å². The maximum atomic E-state index is 4.20. The molecule has 1 saturated heterocycles. The van der Waals surface area contributed by atoms with Crippen LogP contribution >= 0.6 is 27.7 Å². The van der Waals surface area contributed by atoms with Gasteiger partial charge in [-0.05, 0) is 40.3 Å². The highest BCUT2D eigenvalue weighted by Gasteiger charge is 2.13. The van der Waals surface area contributed by atoms with Crippen LogP contribution in [0.15, 0.2) is 16.9 Å². The first-order valence-corrected chi connectivity index (χ1v) is 6.61. The maximum absolute atomic E-state index is 4.20. The van der Waals surface area contributed by atoms with Crippen LogP contribution in [0, 0.1) is 0 Å². The summed E-state index contributed by atoms with van der Waals surface area (Å²) in [6, 6.07) is 0.553. The Morgan fingerprint density at radius 1 is 1.29 bits per heavy atom. The molecule has 1 aliphatic heterocycles. The minimum Gasteiger partial charge on any atom is -0.351 e. The lowest BCUT2D eigenvalue weighted by Crippen LogP contribution is -2.25. The quantitative estimate of drug-likeness (QED) is 0.899. The Balaban J connectivity index is 1.92. The van der Waals surface area contributed by atoms with E-state index in [1.54, 1.807) is 12.4 Å². The maximum Gasteiger partial charge on any atom is 0.222 e. The highest BCUT2D eigenvalue weighted by atomic mass is 79.9. The molecule has 2 rings (SSSR count). The lowest BCUT2D eigenvalue weighted by molar-refractivity contribution is 0.660. The van der Waals surface area contributed by atoms with E-state index in [1.807, 2.05) is 11.8 Å². The first-order chi connectivity index (χ1) is 6.84. The first kappa shape index (κ1) is 10.2. The first-order valence-electron chi connectivity index (χ1n) is 4.66. The summed E-state index contributed by atoms with van der Waals surface area (Å²) >= 11 is 5.34. The fourth-order valence-corrected chi connectivity index (χ4v) is 2.72. The number of nitrogens with zero attached hydrogens (tertiary/aromatic N) is 2. The molecule has 76 valence electrons. The Labute approximate surface area is 96.2 Å². The van der Waals surface area contributed by atoms with Gasteiger partial charge in [-0.3, -0.25) is 0 Å². The molecule has 0 aromatic carbocycles. The van der Waals surface area contributed by atoms with Gasteiger partial charge in [-0.25, -0.2) is 9.97 Å². The molecular weight excluding hydrogens is 262 g/mol. The average molecular weight is 274 g/mol.